The Morgan fingerprint density at radius 3 is 2.83 bits per heavy atom. The normalized spacial score (nSPS) is 16.0. The zero-order chi connectivity index (χ0) is 4.24. The molecule has 0 saturated carbocycles. The van der Waals surface area contributed by atoms with Gasteiger partial charge in [0, 0.05) is 12.4 Å². The number of hydrogen-bond acceptors (Lipinski definition) is 1. The van der Waals surface area contributed by atoms with Crippen molar-refractivity contribution >= 4 is 0 Å². The van der Waals surface area contributed by atoms with E-state index in [1.165, 1.54) is 0 Å². The van der Waals surface area contributed by atoms with Crippen molar-refractivity contribution in [2.45, 2.75) is 0 Å². The molecule has 0 fully saturated rings. The molecule has 1 aliphatic rings. The molecular weight excluding hydrogens is 76.1 g/mol. The third-order valence-corrected chi connectivity index (χ3v) is 0.466. The van der Waals surface area contributed by atoms with Crippen LogP contribution in [0, 0.1) is 6.20 Å². The van der Waals surface area contributed by atoms with Gasteiger partial charge >= 0.3 is 0 Å². The predicted molar refractivity (Wildman–Crippen MR) is 22.2 cm³/mol. The summed E-state index contributed by atoms with van der Waals surface area (Å²) in [5.74, 6) is 0. The number of rotatable bonds is 0. The minimum atomic E-state index is 1.57. The van der Waals surface area contributed by atoms with Gasteiger partial charge in [0.25, 0.3) is 0 Å². The molecule has 1 heterocycles. The van der Waals surface area contributed by atoms with Crippen molar-refractivity contribution in [1.29, 1.82) is 0 Å². The Bertz CT molecular complexity index is 63.5. The van der Waals surface area contributed by atoms with Gasteiger partial charge in [-0.2, -0.15) is 0 Å². The van der Waals surface area contributed by atoms with Crippen LogP contribution in [0.25, 0.3) is 0 Å². The first kappa shape index (κ1) is 3.28. The Hall–Kier alpha value is -0.920. The standard InChI is InChI=1S/C4H4N2/c1-2-6-4-3-5-1/h1-3,6H. The zero-order valence-corrected chi connectivity index (χ0v) is 3.18. The van der Waals surface area contributed by atoms with Gasteiger partial charge in [0.05, 0.1) is 12.4 Å². The second-order valence-corrected chi connectivity index (χ2v) is 0.883. The van der Waals surface area contributed by atoms with E-state index in [2.05, 4.69) is 16.8 Å². The molecule has 2 heteroatoms. The molecule has 0 atom stereocenters. The van der Waals surface area contributed by atoms with Gasteiger partial charge < -0.3 is 5.32 Å². The highest BCUT2D eigenvalue weighted by atomic mass is 14.9. The Morgan fingerprint density at radius 1 is 1.67 bits per heavy atom. The Morgan fingerprint density at radius 2 is 2.67 bits per heavy atom. The molecule has 1 rings (SSSR count). The Kier molecular flexibility index (Phi) is 0.819. The average molecular weight is 80.1 g/mol. The maximum atomic E-state index is 3.70. The Balaban J connectivity index is 2.40. The first-order valence-electron chi connectivity index (χ1n) is 1.68. The SMILES string of the molecule is [C]1=C[N]C=CN1. The van der Waals surface area contributed by atoms with E-state index in [1.54, 1.807) is 18.6 Å². The molecule has 30 valence electrons. The van der Waals surface area contributed by atoms with Crippen molar-refractivity contribution in [2.75, 3.05) is 0 Å². The molecule has 0 saturated heterocycles. The molecule has 0 aromatic heterocycles. The molecule has 0 aliphatic carbocycles. The van der Waals surface area contributed by atoms with Gasteiger partial charge in [0.15, 0.2) is 0 Å². The van der Waals surface area contributed by atoms with Crippen LogP contribution in [0.4, 0.5) is 0 Å². The lowest BCUT2D eigenvalue weighted by Gasteiger charge is -1.91. The summed E-state index contributed by atoms with van der Waals surface area (Å²) in [6, 6.07) is 0. The van der Waals surface area contributed by atoms with Crippen LogP contribution in [-0.2, 0) is 0 Å². The maximum Gasteiger partial charge on any atom is 0.0821 e. The van der Waals surface area contributed by atoms with Crippen molar-refractivity contribution in [1.82, 2.24) is 10.6 Å². The second kappa shape index (κ2) is 1.50. The molecule has 1 N–H and O–H groups in total. The summed E-state index contributed by atoms with van der Waals surface area (Å²) in [6.45, 7) is 0. The van der Waals surface area contributed by atoms with Crippen molar-refractivity contribution in [2.24, 2.45) is 0 Å². The molecule has 0 unspecified atom stereocenters. The van der Waals surface area contributed by atoms with Crippen molar-refractivity contribution < 1.29 is 0 Å². The van der Waals surface area contributed by atoms with Gasteiger partial charge in [-0.05, 0) is 0 Å². The van der Waals surface area contributed by atoms with E-state index >= 15 is 0 Å². The molecule has 0 bridgehead atoms. The van der Waals surface area contributed by atoms with Gasteiger partial charge in [0.1, 0.15) is 0 Å². The van der Waals surface area contributed by atoms with Crippen LogP contribution in [-0.4, -0.2) is 0 Å². The summed E-state index contributed by atoms with van der Waals surface area (Å²) >= 11 is 0. The molecular formula is C4H4N2. The topological polar surface area (TPSA) is 26.1 Å². The first-order valence-corrected chi connectivity index (χ1v) is 1.68. The fraction of sp³-hybridized carbons (Fsp3) is 0. The molecule has 2 radical (unpaired) electrons. The third kappa shape index (κ3) is 0.516. The van der Waals surface area contributed by atoms with Crippen molar-refractivity contribution in [3.8, 4) is 0 Å². The summed E-state index contributed by atoms with van der Waals surface area (Å²) in [5.41, 5.74) is 0. The molecule has 0 aromatic rings. The van der Waals surface area contributed by atoms with Crippen LogP contribution in [0.15, 0.2) is 18.6 Å². The number of nitrogens with zero attached hydrogens (tertiary/aromatic N) is 1. The van der Waals surface area contributed by atoms with Crippen LogP contribution >= 0.6 is 0 Å². The summed E-state index contributed by atoms with van der Waals surface area (Å²) < 4.78 is 0. The molecule has 0 spiro atoms. The molecule has 2 nitrogen and oxygen atoms in total. The predicted octanol–water partition coefficient (Wildman–Crippen LogP) is -0.0604. The van der Waals surface area contributed by atoms with Crippen LogP contribution in [0.5, 0.6) is 0 Å². The van der Waals surface area contributed by atoms with Gasteiger partial charge in [-0.15, -0.1) is 0 Å². The van der Waals surface area contributed by atoms with E-state index in [4.69, 9.17) is 0 Å². The van der Waals surface area contributed by atoms with Crippen molar-refractivity contribution in [3.63, 3.8) is 0 Å². The van der Waals surface area contributed by atoms with E-state index < -0.39 is 0 Å². The smallest absolute Gasteiger partial charge is 0.0821 e. The lowest BCUT2D eigenvalue weighted by Crippen LogP contribution is -2.01. The molecule has 0 aromatic carbocycles. The summed E-state index contributed by atoms with van der Waals surface area (Å²) in [6.07, 6.45) is 7.60. The molecule has 6 heavy (non-hydrogen) atoms. The van der Waals surface area contributed by atoms with E-state index in [0.29, 0.717) is 0 Å². The van der Waals surface area contributed by atoms with E-state index in [0.717, 1.165) is 0 Å². The molecule has 1 aliphatic heterocycles. The fourth-order valence-electron chi connectivity index (χ4n) is 0.246. The number of nitrogens with one attached hydrogen (secondary N) is 1. The average Bonchev–Trinajstić information content (AvgIpc) is 1.72. The molecule has 0 amide bonds. The fourth-order valence-corrected chi connectivity index (χ4v) is 0.246. The van der Waals surface area contributed by atoms with Crippen LogP contribution < -0.4 is 10.6 Å². The summed E-state index contributed by atoms with van der Waals surface area (Å²) in [5, 5.41) is 6.40. The minimum absolute atomic E-state index is 1.57. The lowest BCUT2D eigenvalue weighted by atomic mass is 10.7. The first-order chi connectivity index (χ1) is 3.00. The monoisotopic (exact) mass is 80.0 g/mol. The van der Waals surface area contributed by atoms with Gasteiger partial charge in [0.2, 0.25) is 0 Å². The zero-order valence-electron chi connectivity index (χ0n) is 3.18. The summed E-state index contributed by atoms with van der Waals surface area (Å²) in [4.78, 5) is 0. The van der Waals surface area contributed by atoms with Crippen LogP contribution in [0.2, 0.25) is 0 Å². The van der Waals surface area contributed by atoms with Gasteiger partial charge in [-0.3, -0.25) is 5.32 Å². The Labute approximate surface area is 36.5 Å². The van der Waals surface area contributed by atoms with Gasteiger partial charge in [-0.1, -0.05) is 0 Å². The largest absolute Gasteiger partial charge is 0.357 e. The quantitative estimate of drug-likeness (QED) is 0.433. The third-order valence-electron chi connectivity index (χ3n) is 0.466. The van der Waals surface area contributed by atoms with Crippen molar-refractivity contribution in [3.05, 3.63) is 24.8 Å². The van der Waals surface area contributed by atoms with Crippen LogP contribution in [0.1, 0.15) is 0 Å². The van der Waals surface area contributed by atoms with E-state index in [-0.39, 0.29) is 0 Å². The highest BCUT2D eigenvalue weighted by Gasteiger charge is 1.74. The maximum absolute atomic E-state index is 3.70. The number of hydrogen-bond donors (Lipinski definition) is 1. The second-order valence-electron chi connectivity index (χ2n) is 0.883. The minimum Gasteiger partial charge on any atom is -0.357 e. The summed E-state index contributed by atoms with van der Waals surface area (Å²) in [7, 11) is 0. The van der Waals surface area contributed by atoms with E-state index in [9.17, 15) is 0 Å². The van der Waals surface area contributed by atoms with Crippen LogP contribution in [0.3, 0.4) is 0 Å². The van der Waals surface area contributed by atoms with Gasteiger partial charge in [-0.25, -0.2) is 0 Å². The highest BCUT2D eigenvalue weighted by molar-refractivity contribution is 4.90. The highest BCUT2D eigenvalue weighted by Crippen LogP contribution is 1.72. The van der Waals surface area contributed by atoms with E-state index in [1.807, 2.05) is 0 Å². The lowest BCUT2D eigenvalue weighted by molar-refractivity contribution is 1.00.